The molecule has 1 aromatic heterocycles. The molecule has 1 aromatic carbocycles. The van der Waals surface area contributed by atoms with Crippen LogP contribution in [0, 0.1) is 13.8 Å². The lowest BCUT2D eigenvalue weighted by atomic mass is 10.1. The highest BCUT2D eigenvalue weighted by molar-refractivity contribution is 7.99. The van der Waals surface area contributed by atoms with Crippen molar-refractivity contribution >= 4 is 23.7 Å². The molecular weight excluding hydrogens is 388 g/mol. The van der Waals surface area contributed by atoms with E-state index in [0.29, 0.717) is 44.9 Å². The Morgan fingerprint density at radius 2 is 1.79 bits per heavy atom. The second kappa shape index (κ2) is 10.3. The third-order valence-corrected chi connectivity index (χ3v) is 6.14. The normalized spacial score (nSPS) is 14.1. The molecule has 1 aliphatic rings. The quantitative estimate of drug-likeness (QED) is 0.555. The lowest BCUT2D eigenvalue weighted by Crippen LogP contribution is -2.53. The number of hydrogen-bond donors (Lipinski definition) is 1. The lowest BCUT2D eigenvalue weighted by molar-refractivity contribution is -0.131. The van der Waals surface area contributed by atoms with Crippen LogP contribution in [-0.2, 0) is 11.2 Å². The molecule has 2 heterocycles. The molecule has 0 unspecified atom stereocenters. The summed E-state index contributed by atoms with van der Waals surface area (Å²) < 4.78 is 5.13. The zero-order valence-electron chi connectivity index (χ0n) is 17.0. The Bertz CT molecular complexity index is 797. The number of carbonyl (C=O) groups excluding carboxylic acids is 2. The Morgan fingerprint density at radius 1 is 1.10 bits per heavy atom. The van der Waals surface area contributed by atoms with E-state index in [0.717, 1.165) is 23.4 Å². The van der Waals surface area contributed by atoms with Gasteiger partial charge in [-0.25, -0.2) is 4.79 Å². The van der Waals surface area contributed by atoms with Crippen molar-refractivity contribution in [1.82, 2.24) is 20.3 Å². The van der Waals surface area contributed by atoms with Gasteiger partial charge in [0.1, 0.15) is 5.76 Å². The number of piperazine rings is 1. The molecule has 1 N–H and O–H groups in total. The number of benzene rings is 1. The van der Waals surface area contributed by atoms with Crippen molar-refractivity contribution in [2.45, 2.75) is 31.6 Å². The highest BCUT2D eigenvalue weighted by atomic mass is 32.2. The van der Waals surface area contributed by atoms with E-state index in [1.54, 1.807) is 16.7 Å². The highest BCUT2D eigenvalue weighted by Crippen LogP contribution is 2.17. The third kappa shape index (κ3) is 6.00. The Labute approximate surface area is 175 Å². The molecular formula is C21H28N4O3S. The summed E-state index contributed by atoms with van der Waals surface area (Å²) in [5.41, 5.74) is 1.63. The number of carbonyl (C=O) groups is 2. The molecule has 0 bridgehead atoms. The van der Waals surface area contributed by atoms with Crippen molar-refractivity contribution in [3.8, 4) is 0 Å². The molecule has 3 rings (SSSR count). The first-order valence-electron chi connectivity index (χ1n) is 9.94. The molecule has 0 atom stereocenters. The Morgan fingerprint density at radius 3 is 2.45 bits per heavy atom. The summed E-state index contributed by atoms with van der Waals surface area (Å²) in [6.07, 6.45) is 1.22. The van der Waals surface area contributed by atoms with E-state index < -0.39 is 0 Å². The molecule has 0 saturated carbocycles. The van der Waals surface area contributed by atoms with Crippen LogP contribution in [0.3, 0.4) is 0 Å². The predicted molar refractivity (Wildman–Crippen MR) is 113 cm³/mol. The fraction of sp³-hybridized carbons (Fsp3) is 0.476. The van der Waals surface area contributed by atoms with Gasteiger partial charge in [0, 0.05) is 43.2 Å². The Hall–Kier alpha value is -2.48. The van der Waals surface area contributed by atoms with E-state index in [2.05, 4.69) is 22.6 Å². The van der Waals surface area contributed by atoms with Gasteiger partial charge in [0.05, 0.1) is 12.1 Å². The van der Waals surface area contributed by atoms with Gasteiger partial charge in [0.25, 0.3) is 0 Å². The molecule has 3 amide bonds. The lowest BCUT2D eigenvalue weighted by Gasteiger charge is -2.34. The summed E-state index contributed by atoms with van der Waals surface area (Å²) in [5.74, 6) is 1.71. The van der Waals surface area contributed by atoms with Crippen LogP contribution >= 0.6 is 11.8 Å². The summed E-state index contributed by atoms with van der Waals surface area (Å²) in [4.78, 5) is 29.7. The smallest absolute Gasteiger partial charge is 0.317 e. The fourth-order valence-electron chi connectivity index (χ4n) is 3.26. The molecule has 0 spiro atoms. The van der Waals surface area contributed by atoms with E-state index >= 15 is 0 Å². The molecule has 0 aliphatic carbocycles. The molecule has 7 nitrogen and oxygen atoms in total. The molecule has 2 aromatic rings. The van der Waals surface area contributed by atoms with E-state index in [1.807, 2.05) is 36.9 Å². The van der Waals surface area contributed by atoms with Crippen molar-refractivity contribution in [2.24, 2.45) is 0 Å². The van der Waals surface area contributed by atoms with E-state index in [4.69, 9.17) is 4.52 Å². The number of amides is 3. The van der Waals surface area contributed by atoms with Crippen LogP contribution < -0.4 is 5.32 Å². The SMILES string of the molecule is Cc1noc(C)c1CC(=O)N1CCN(C(=O)NCCCSc2ccccc2)CC1. The number of rotatable bonds is 7. The van der Waals surface area contributed by atoms with Gasteiger partial charge in [-0.1, -0.05) is 23.4 Å². The van der Waals surface area contributed by atoms with Gasteiger partial charge < -0.3 is 19.6 Å². The van der Waals surface area contributed by atoms with E-state index in [-0.39, 0.29) is 11.9 Å². The van der Waals surface area contributed by atoms with Crippen LogP contribution in [0.15, 0.2) is 39.8 Å². The maximum atomic E-state index is 12.5. The maximum Gasteiger partial charge on any atom is 0.317 e. The van der Waals surface area contributed by atoms with Gasteiger partial charge in [0.2, 0.25) is 5.91 Å². The predicted octanol–water partition coefficient (Wildman–Crippen LogP) is 2.87. The standard InChI is InChI=1S/C21H28N4O3S/c1-16-19(17(2)28-23-16)15-20(26)24-10-12-25(13-11-24)21(27)22-9-6-14-29-18-7-4-3-5-8-18/h3-5,7-8H,6,9-15H2,1-2H3,(H,22,27). The van der Waals surface area contributed by atoms with Crippen LogP contribution in [-0.4, -0.2) is 65.4 Å². The zero-order chi connectivity index (χ0) is 20.6. The first-order chi connectivity index (χ1) is 14.0. The highest BCUT2D eigenvalue weighted by Gasteiger charge is 2.25. The van der Waals surface area contributed by atoms with Gasteiger partial charge in [-0.15, -0.1) is 11.8 Å². The number of nitrogens with one attached hydrogen (secondary N) is 1. The summed E-state index contributed by atoms with van der Waals surface area (Å²) in [6.45, 7) is 6.54. The van der Waals surface area contributed by atoms with Crippen LogP contribution in [0.1, 0.15) is 23.4 Å². The molecule has 0 radical (unpaired) electrons. The van der Waals surface area contributed by atoms with Gasteiger partial charge >= 0.3 is 6.03 Å². The minimum absolute atomic E-state index is 0.0486. The number of urea groups is 1. The summed E-state index contributed by atoms with van der Waals surface area (Å²) in [5, 5.41) is 6.88. The van der Waals surface area contributed by atoms with Gasteiger partial charge in [-0.3, -0.25) is 4.79 Å². The minimum atomic E-state index is -0.0486. The van der Waals surface area contributed by atoms with Crippen molar-refractivity contribution in [3.63, 3.8) is 0 Å². The second-order valence-electron chi connectivity index (χ2n) is 7.09. The minimum Gasteiger partial charge on any atom is -0.361 e. The molecule has 29 heavy (non-hydrogen) atoms. The summed E-state index contributed by atoms with van der Waals surface area (Å²) in [6, 6.07) is 10.2. The number of thioether (sulfide) groups is 1. The average Bonchev–Trinajstić information content (AvgIpc) is 3.06. The summed E-state index contributed by atoms with van der Waals surface area (Å²) >= 11 is 1.79. The van der Waals surface area contributed by atoms with Gasteiger partial charge in [0.15, 0.2) is 0 Å². The molecule has 8 heteroatoms. The molecule has 156 valence electrons. The van der Waals surface area contributed by atoms with Gasteiger partial charge in [-0.2, -0.15) is 0 Å². The number of aryl methyl sites for hydroxylation is 2. The van der Waals surface area contributed by atoms with Crippen molar-refractivity contribution in [1.29, 1.82) is 0 Å². The number of aromatic nitrogens is 1. The topological polar surface area (TPSA) is 78.7 Å². The maximum absolute atomic E-state index is 12.5. The monoisotopic (exact) mass is 416 g/mol. The van der Waals surface area contributed by atoms with Crippen LogP contribution in [0.5, 0.6) is 0 Å². The summed E-state index contributed by atoms with van der Waals surface area (Å²) in [7, 11) is 0. The first-order valence-corrected chi connectivity index (χ1v) is 10.9. The molecule has 1 aliphatic heterocycles. The van der Waals surface area contributed by atoms with Crippen LogP contribution in [0.2, 0.25) is 0 Å². The Kier molecular flexibility index (Phi) is 7.57. The largest absolute Gasteiger partial charge is 0.361 e. The van der Waals surface area contributed by atoms with E-state index in [9.17, 15) is 9.59 Å². The molecule has 1 saturated heterocycles. The first kappa shape index (κ1) is 21.2. The average molecular weight is 417 g/mol. The number of nitrogens with zero attached hydrogens (tertiary/aromatic N) is 3. The number of hydrogen-bond acceptors (Lipinski definition) is 5. The molecule has 1 fully saturated rings. The fourth-order valence-corrected chi connectivity index (χ4v) is 4.14. The van der Waals surface area contributed by atoms with Crippen molar-refractivity contribution in [3.05, 3.63) is 47.3 Å². The van der Waals surface area contributed by atoms with E-state index in [1.165, 1.54) is 4.90 Å². The third-order valence-electron chi connectivity index (χ3n) is 5.04. The van der Waals surface area contributed by atoms with Crippen molar-refractivity contribution < 1.29 is 14.1 Å². The van der Waals surface area contributed by atoms with Crippen LogP contribution in [0.25, 0.3) is 0 Å². The van der Waals surface area contributed by atoms with Gasteiger partial charge in [-0.05, 0) is 38.2 Å². The van der Waals surface area contributed by atoms with Crippen LogP contribution in [0.4, 0.5) is 4.79 Å². The second-order valence-corrected chi connectivity index (χ2v) is 8.26. The van der Waals surface area contributed by atoms with Crippen molar-refractivity contribution in [2.75, 3.05) is 38.5 Å². The Balaban J connectivity index is 1.33. The zero-order valence-corrected chi connectivity index (χ0v) is 17.8.